The lowest BCUT2D eigenvalue weighted by atomic mass is 10.1. The Balaban J connectivity index is 2.03. The summed E-state index contributed by atoms with van der Waals surface area (Å²) in [7, 11) is 0. The van der Waals surface area contributed by atoms with E-state index in [1.54, 1.807) is 13.0 Å². The number of rotatable bonds is 7. The van der Waals surface area contributed by atoms with Crippen LogP contribution < -0.4 is 4.74 Å². The van der Waals surface area contributed by atoms with Gasteiger partial charge in [0.25, 0.3) is 0 Å². The summed E-state index contributed by atoms with van der Waals surface area (Å²) in [6.45, 7) is 2.16. The summed E-state index contributed by atoms with van der Waals surface area (Å²) in [5.41, 5.74) is 0.255. The number of nitrogens with zero attached hydrogens (tertiary/aromatic N) is 5. The van der Waals surface area contributed by atoms with Crippen molar-refractivity contribution in [2.45, 2.75) is 25.9 Å². The van der Waals surface area contributed by atoms with E-state index in [0.29, 0.717) is 23.4 Å². The van der Waals surface area contributed by atoms with Crippen molar-refractivity contribution in [3.63, 3.8) is 0 Å². The van der Waals surface area contributed by atoms with Crippen LogP contribution in [0.25, 0.3) is 10.9 Å². The van der Waals surface area contributed by atoms with Crippen molar-refractivity contribution in [3.8, 4) is 11.8 Å². The third-order valence-electron chi connectivity index (χ3n) is 3.60. The Morgan fingerprint density at radius 3 is 2.62 bits per heavy atom. The molecule has 0 saturated heterocycles. The Labute approximate surface area is 168 Å². The lowest BCUT2D eigenvalue weighted by Gasteiger charge is -2.13. The van der Waals surface area contributed by atoms with Crippen molar-refractivity contribution >= 4 is 28.7 Å². The Morgan fingerprint density at radius 2 is 1.93 bits per heavy atom. The zero-order valence-corrected chi connectivity index (χ0v) is 15.9. The van der Waals surface area contributed by atoms with Crippen LogP contribution in [-0.2, 0) is 17.4 Å². The number of benzene rings is 1. The summed E-state index contributed by atoms with van der Waals surface area (Å²) in [5.74, 6) is -0.989. The normalized spacial score (nSPS) is 11.9. The fourth-order valence-corrected chi connectivity index (χ4v) is 2.55. The number of halogens is 4. The van der Waals surface area contributed by atoms with Crippen LogP contribution in [-0.4, -0.2) is 32.8 Å². The van der Waals surface area contributed by atoms with Crippen molar-refractivity contribution in [2.75, 3.05) is 6.61 Å². The van der Waals surface area contributed by atoms with Gasteiger partial charge in [-0.15, -0.1) is 0 Å². The average molecular weight is 426 g/mol. The van der Waals surface area contributed by atoms with E-state index in [1.807, 2.05) is 0 Å². The minimum Gasteiger partial charge on any atom is -0.424 e. The fraction of sp³-hybridized carbons (Fsp3) is 0.278. The highest BCUT2D eigenvalue weighted by Gasteiger charge is 2.35. The second-order valence-electron chi connectivity index (χ2n) is 5.67. The molecule has 0 atom stereocenters. The molecule has 0 radical (unpaired) electrons. The van der Waals surface area contributed by atoms with Crippen LogP contribution in [0.15, 0.2) is 35.7 Å². The Bertz CT molecular complexity index is 1010. The van der Waals surface area contributed by atoms with E-state index in [2.05, 4.69) is 25.1 Å². The van der Waals surface area contributed by atoms with Crippen LogP contribution in [0.3, 0.4) is 0 Å². The molecule has 152 valence electrons. The minimum absolute atomic E-state index is 0.00865. The molecule has 0 saturated carbocycles. The van der Waals surface area contributed by atoms with E-state index >= 15 is 0 Å². The Kier molecular flexibility index (Phi) is 6.42. The Morgan fingerprint density at radius 1 is 1.17 bits per heavy atom. The monoisotopic (exact) mass is 425 g/mol. The van der Waals surface area contributed by atoms with Gasteiger partial charge in [-0.05, 0) is 31.9 Å². The van der Waals surface area contributed by atoms with Crippen molar-refractivity contribution in [3.05, 3.63) is 47.1 Å². The molecule has 0 aliphatic rings. The van der Waals surface area contributed by atoms with Crippen LogP contribution in [0, 0.1) is 0 Å². The van der Waals surface area contributed by atoms with E-state index in [1.165, 1.54) is 30.7 Å². The molecule has 2 aromatic heterocycles. The zero-order valence-electron chi connectivity index (χ0n) is 15.1. The second kappa shape index (κ2) is 8.99. The molecule has 0 fully saturated rings. The van der Waals surface area contributed by atoms with Crippen molar-refractivity contribution in [1.29, 1.82) is 0 Å². The standard InChI is InChI=1S/C18H15ClF3N5O2/c1-2-28-25-8-4-6-13-15-12(26-16(27-13)18(20,21)22)5-3-7-14(15)29-17-23-9-11(19)10-24-17/h3,5,7-10H,2,4,6H2,1H3/b25-8+. The summed E-state index contributed by atoms with van der Waals surface area (Å²) in [5, 5.41) is 4.36. The molecule has 0 bridgehead atoms. The smallest absolute Gasteiger partial charge is 0.424 e. The number of aromatic nitrogens is 4. The van der Waals surface area contributed by atoms with Crippen LogP contribution in [0.1, 0.15) is 24.9 Å². The van der Waals surface area contributed by atoms with E-state index in [9.17, 15) is 13.2 Å². The molecule has 2 heterocycles. The highest BCUT2D eigenvalue weighted by atomic mass is 35.5. The molecule has 0 aliphatic carbocycles. The van der Waals surface area contributed by atoms with Crippen molar-refractivity contribution in [2.24, 2.45) is 5.16 Å². The van der Waals surface area contributed by atoms with Gasteiger partial charge in [0.1, 0.15) is 12.4 Å². The summed E-state index contributed by atoms with van der Waals surface area (Å²) in [6, 6.07) is 4.56. The van der Waals surface area contributed by atoms with Crippen LogP contribution in [0.2, 0.25) is 5.02 Å². The predicted octanol–water partition coefficient (Wildman–Crippen LogP) is 4.84. The fourth-order valence-electron chi connectivity index (χ4n) is 2.45. The molecular weight excluding hydrogens is 411 g/mol. The number of ether oxygens (including phenoxy) is 1. The number of hydrogen-bond acceptors (Lipinski definition) is 7. The molecule has 7 nitrogen and oxygen atoms in total. The Hall–Kier alpha value is -3.01. The molecule has 0 unspecified atom stereocenters. The largest absolute Gasteiger partial charge is 0.451 e. The lowest BCUT2D eigenvalue weighted by molar-refractivity contribution is -0.144. The van der Waals surface area contributed by atoms with Crippen LogP contribution in [0.4, 0.5) is 13.2 Å². The highest BCUT2D eigenvalue weighted by Crippen LogP contribution is 2.34. The number of fused-ring (bicyclic) bond motifs is 1. The maximum Gasteiger partial charge on any atom is 0.451 e. The average Bonchev–Trinajstić information content (AvgIpc) is 2.68. The number of aryl methyl sites for hydroxylation is 1. The topological polar surface area (TPSA) is 82.4 Å². The predicted molar refractivity (Wildman–Crippen MR) is 100 cm³/mol. The summed E-state index contributed by atoms with van der Waals surface area (Å²) in [6.07, 6.45) is -0.0402. The number of oxime groups is 1. The summed E-state index contributed by atoms with van der Waals surface area (Å²) < 4.78 is 45.4. The van der Waals surface area contributed by atoms with E-state index in [-0.39, 0.29) is 29.4 Å². The van der Waals surface area contributed by atoms with E-state index < -0.39 is 12.0 Å². The van der Waals surface area contributed by atoms with Gasteiger partial charge in [-0.25, -0.2) is 19.9 Å². The van der Waals surface area contributed by atoms with Crippen molar-refractivity contribution < 1.29 is 22.7 Å². The number of hydrogen-bond donors (Lipinski definition) is 0. The van der Waals surface area contributed by atoms with E-state index in [0.717, 1.165) is 0 Å². The van der Waals surface area contributed by atoms with E-state index in [4.69, 9.17) is 21.2 Å². The number of alkyl halides is 3. The van der Waals surface area contributed by atoms with Gasteiger partial charge in [0.05, 0.1) is 34.0 Å². The molecular formula is C18H15ClF3N5O2. The minimum atomic E-state index is -4.68. The van der Waals surface area contributed by atoms with Crippen LogP contribution in [0.5, 0.6) is 11.8 Å². The lowest BCUT2D eigenvalue weighted by Crippen LogP contribution is -2.13. The highest BCUT2D eigenvalue weighted by molar-refractivity contribution is 6.30. The molecule has 0 aliphatic heterocycles. The third kappa shape index (κ3) is 5.29. The summed E-state index contributed by atoms with van der Waals surface area (Å²) in [4.78, 5) is 20.1. The molecule has 3 aromatic rings. The third-order valence-corrected chi connectivity index (χ3v) is 3.80. The molecule has 0 amide bonds. The molecule has 1 aromatic carbocycles. The summed E-state index contributed by atoms with van der Waals surface area (Å²) >= 11 is 5.76. The first kappa shape index (κ1) is 20.7. The van der Waals surface area contributed by atoms with Gasteiger partial charge >= 0.3 is 12.2 Å². The quantitative estimate of drug-likeness (QED) is 0.398. The maximum absolute atomic E-state index is 13.2. The van der Waals surface area contributed by atoms with Gasteiger partial charge in [0.15, 0.2) is 0 Å². The van der Waals surface area contributed by atoms with Gasteiger partial charge in [-0.2, -0.15) is 13.2 Å². The molecule has 29 heavy (non-hydrogen) atoms. The van der Waals surface area contributed by atoms with Gasteiger partial charge in [0, 0.05) is 6.21 Å². The molecule has 0 spiro atoms. The van der Waals surface area contributed by atoms with Crippen molar-refractivity contribution in [1.82, 2.24) is 19.9 Å². The first-order valence-corrected chi connectivity index (χ1v) is 8.92. The first-order chi connectivity index (χ1) is 13.9. The van der Waals surface area contributed by atoms with Crippen LogP contribution >= 0.6 is 11.6 Å². The maximum atomic E-state index is 13.2. The second-order valence-corrected chi connectivity index (χ2v) is 6.11. The van der Waals surface area contributed by atoms with Gasteiger partial charge in [-0.1, -0.05) is 22.8 Å². The van der Waals surface area contributed by atoms with Gasteiger partial charge < -0.3 is 9.57 Å². The van der Waals surface area contributed by atoms with Gasteiger partial charge in [0.2, 0.25) is 5.82 Å². The zero-order chi connectivity index (χ0) is 20.9. The molecule has 3 rings (SSSR count). The first-order valence-electron chi connectivity index (χ1n) is 8.54. The molecule has 11 heteroatoms. The van der Waals surface area contributed by atoms with Gasteiger partial charge in [-0.3, -0.25) is 0 Å². The molecule has 0 N–H and O–H groups in total. The SMILES string of the molecule is CCO/N=C/CCc1nc(C(F)(F)F)nc2cccc(Oc3ncc(Cl)cn3)c12.